The summed E-state index contributed by atoms with van der Waals surface area (Å²) in [6.45, 7) is 2.93. The van der Waals surface area contributed by atoms with Crippen molar-refractivity contribution in [3.05, 3.63) is 66.1 Å². The fourth-order valence-electron chi connectivity index (χ4n) is 2.69. The number of urea groups is 1. The number of nitrogens with zero attached hydrogens (tertiary/aromatic N) is 3. The third-order valence-corrected chi connectivity index (χ3v) is 4.18. The van der Waals surface area contributed by atoms with Crippen LogP contribution in [0.1, 0.15) is 22.8 Å². The Morgan fingerprint density at radius 2 is 1.87 bits per heavy atom. The molecule has 3 aromatic rings. The highest BCUT2D eigenvalue weighted by Crippen LogP contribution is 2.21. The van der Waals surface area contributed by atoms with Crippen molar-refractivity contribution in [3.63, 3.8) is 0 Å². The van der Waals surface area contributed by atoms with E-state index in [0.717, 1.165) is 11.1 Å². The number of carbonyl (C=O) groups is 2. The lowest BCUT2D eigenvalue weighted by Gasteiger charge is -2.11. The number of aromatic nitrogens is 3. The van der Waals surface area contributed by atoms with Crippen molar-refractivity contribution < 1.29 is 9.59 Å². The van der Waals surface area contributed by atoms with E-state index in [1.54, 1.807) is 43.7 Å². The molecule has 4 N–H and O–H groups in total. The zero-order valence-corrected chi connectivity index (χ0v) is 16.8. The van der Waals surface area contributed by atoms with E-state index in [4.69, 9.17) is 0 Å². The van der Waals surface area contributed by atoms with E-state index in [9.17, 15) is 9.59 Å². The van der Waals surface area contributed by atoms with E-state index in [2.05, 4.69) is 36.2 Å². The Morgan fingerprint density at radius 3 is 2.53 bits per heavy atom. The van der Waals surface area contributed by atoms with Gasteiger partial charge in [-0.05, 0) is 42.8 Å². The predicted molar refractivity (Wildman–Crippen MR) is 115 cm³/mol. The topological polar surface area (TPSA) is 121 Å². The second-order valence-electron chi connectivity index (χ2n) is 6.31. The Balaban J connectivity index is 1.67. The van der Waals surface area contributed by atoms with Crippen molar-refractivity contribution in [3.8, 4) is 11.4 Å². The van der Waals surface area contributed by atoms with E-state index in [-0.39, 0.29) is 11.9 Å². The summed E-state index contributed by atoms with van der Waals surface area (Å²) < 4.78 is 0. The molecular weight excluding hydrogens is 382 g/mol. The molecule has 0 aliphatic heterocycles. The third kappa shape index (κ3) is 5.28. The van der Waals surface area contributed by atoms with Crippen molar-refractivity contribution >= 4 is 23.4 Å². The highest BCUT2D eigenvalue weighted by molar-refractivity contribution is 5.98. The molecule has 0 bridgehead atoms. The van der Waals surface area contributed by atoms with Gasteiger partial charge in [0, 0.05) is 50.0 Å². The molecule has 0 spiro atoms. The van der Waals surface area contributed by atoms with Gasteiger partial charge < -0.3 is 21.3 Å². The van der Waals surface area contributed by atoms with Gasteiger partial charge in [-0.15, -0.1) is 0 Å². The average molecular weight is 405 g/mol. The fourth-order valence-corrected chi connectivity index (χ4v) is 2.69. The molecule has 9 nitrogen and oxygen atoms in total. The molecule has 0 aliphatic rings. The number of nitrogens with one attached hydrogen (secondary N) is 4. The van der Waals surface area contributed by atoms with Crippen LogP contribution >= 0.6 is 0 Å². The van der Waals surface area contributed by atoms with Crippen LogP contribution in [-0.2, 0) is 6.54 Å². The molecule has 2 aromatic heterocycles. The largest absolute Gasteiger partial charge is 0.370 e. The first-order valence-corrected chi connectivity index (χ1v) is 9.48. The predicted octanol–water partition coefficient (Wildman–Crippen LogP) is 2.65. The number of rotatable bonds is 7. The Labute approximate surface area is 174 Å². The number of pyridine rings is 1. The van der Waals surface area contributed by atoms with Crippen LogP contribution in [-0.4, -0.2) is 40.5 Å². The Kier molecular flexibility index (Phi) is 6.88. The highest BCUT2D eigenvalue weighted by Gasteiger charge is 2.14. The van der Waals surface area contributed by atoms with Crippen LogP contribution < -0.4 is 21.3 Å². The van der Waals surface area contributed by atoms with Gasteiger partial charge in [0.1, 0.15) is 11.4 Å². The van der Waals surface area contributed by atoms with Crippen molar-refractivity contribution in [1.82, 2.24) is 25.6 Å². The molecule has 0 atom stereocenters. The lowest BCUT2D eigenvalue weighted by Crippen LogP contribution is -2.28. The first-order chi connectivity index (χ1) is 14.6. The summed E-state index contributed by atoms with van der Waals surface area (Å²) in [5.41, 5.74) is 2.69. The minimum atomic E-state index is -0.313. The molecule has 9 heteroatoms. The maximum atomic E-state index is 12.1. The SMILES string of the molecule is CCNc1nc(-c2ccc(NC(=O)NCc3cccnc3)cc2)ncc1C(=O)NC. The molecule has 0 saturated heterocycles. The van der Waals surface area contributed by atoms with Gasteiger partial charge in [0.2, 0.25) is 0 Å². The lowest BCUT2D eigenvalue weighted by atomic mass is 10.2. The molecule has 0 unspecified atom stereocenters. The van der Waals surface area contributed by atoms with Crippen molar-refractivity contribution in [1.29, 1.82) is 0 Å². The Morgan fingerprint density at radius 1 is 1.07 bits per heavy atom. The fraction of sp³-hybridized carbons (Fsp3) is 0.190. The summed E-state index contributed by atoms with van der Waals surface area (Å²) in [5, 5.41) is 11.2. The molecule has 3 rings (SSSR count). The first-order valence-electron chi connectivity index (χ1n) is 9.48. The summed E-state index contributed by atoms with van der Waals surface area (Å²) in [5.74, 6) is 0.694. The summed E-state index contributed by atoms with van der Waals surface area (Å²) >= 11 is 0. The van der Waals surface area contributed by atoms with E-state index in [1.807, 2.05) is 19.1 Å². The standard InChI is InChI=1S/C21H23N7O2/c1-3-24-19-17(20(29)22-2)13-25-18(28-19)15-6-8-16(9-7-15)27-21(30)26-12-14-5-4-10-23-11-14/h4-11,13H,3,12H2,1-2H3,(H,22,29)(H,24,25,28)(H2,26,27,30). The number of hydrogen-bond donors (Lipinski definition) is 4. The summed E-state index contributed by atoms with van der Waals surface area (Å²) in [6.07, 6.45) is 4.88. The summed E-state index contributed by atoms with van der Waals surface area (Å²) in [4.78, 5) is 36.8. The summed E-state index contributed by atoms with van der Waals surface area (Å²) in [7, 11) is 1.56. The molecule has 0 fully saturated rings. The highest BCUT2D eigenvalue weighted by atomic mass is 16.2. The maximum absolute atomic E-state index is 12.1. The van der Waals surface area contributed by atoms with Crippen LogP contribution in [0.2, 0.25) is 0 Å². The molecule has 0 aliphatic carbocycles. The monoisotopic (exact) mass is 405 g/mol. The van der Waals surface area contributed by atoms with E-state index < -0.39 is 0 Å². The first kappa shape index (κ1) is 20.7. The quantitative estimate of drug-likeness (QED) is 0.480. The van der Waals surface area contributed by atoms with Gasteiger partial charge in [0.15, 0.2) is 5.82 Å². The normalized spacial score (nSPS) is 10.2. The van der Waals surface area contributed by atoms with Gasteiger partial charge in [0.25, 0.3) is 5.91 Å². The van der Waals surface area contributed by atoms with E-state index >= 15 is 0 Å². The van der Waals surface area contributed by atoms with Crippen LogP contribution in [0, 0.1) is 0 Å². The van der Waals surface area contributed by atoms with E-state index in [0.29, 0.717) is 36.0 Å². The summed E-state index contributed by atoms with van der Waals surface area (Å²) in [6, 6.07) is 10.5. The average Bonchev–Trinajstić information content (AvgIpc) is 2.78. The second kappa shape index (κ2) is 9.97. The molecule has 0 saturated carbocycles. The molecule has 154 valence electrons. The van der Waals surface area contributed by atoms with Crippen LogP contribution in [0.15, 0.2) is 55.0 Å². The smallest absolute Gasteiger partial charge is 0.319 e. The maximum Gasteiger partial charge on any atom is 0.319 e. The van der Waals surface area contributed by atoms with Crippen LogP contribution in [0.4, 0.5) is 16.3 Å². The molecule has 30 heavy (non-hydrogen) atoms. The zero-order valence-electron chi connectivity index (χ0n) is 16.8. The van der Waals surface area contributed by atoms with Crippen molar-refractivity contribution in [2.75, 3.05) is 24.2 Å². The number of carbonyl (C=O) groups excluding carboxylic acids is 2. The van der Waals surface area contributed by atoms with Crippen molar-refractivity contribution in [2.45, 2.75) is 13.5 Å². The molecule has 2 heterocycles. The van der Waals surface area contributed by atoms with Gasteiger partial charge in [-0.3, -0.25) is 9.78 Å². The lowest BCUT2D eigenvalue weighted by molar-refractivity contribution is 0.0963. The van der Waals surface area contributed by atoms with Gasteiger partial charge in [-0.1, -0.05) is 6.07 Å². The van der Waals surface area contributed by atoms with Crippen molar-refractivity contribution in [2.24, 2.45) is 0 Å². The Bertz CT molecular complexity index is 1010. The second-order valence-corrected chi connectivity index (χ2v) is 6.31. The van der Waals surface area contributed by atoms with Gasteiger partial charge in [-0.2, -0.15) is 0 Å². The molecule has 1 aromatic carbocycles. The molecule has 3 amide bonds. The number of anilines is 2. The van der Waals surface area contributed by atoms with Gasteiger partial charge in [-0.25, -0.2) is 14.8 Å². The van der Waals surface area contributed by atoms with Gasteiger partial charge in [0.05, 0.1) is 0 Å². The zero-order chi connectivity index (χ0) is 21.3. The minimum absolute atomic E-state index is 0.255. The van der Waals surface area contributed by atoms with Gasteiger partial charge >= 0.3 is 6.03 Å². The number of benzene rings is 1. The van der Waals surface area contributed by atoms with Crippen LogP contribution in [0.25, 0.3) is 11.4 Å². The van der Waals surface area contributed by atoms with Crippen LogP contribution in [0.3, 0.4) is 0 Å². The molecular formula is C21H23N7O2. The Hall–Kier alpha value is -4.01. The molecule has 0 radical (unpaired) electrons. The van der Waals surface area contributed by atoms with E-state index in [1.165, 1.54) is 6.20 Å². The van der Waals surface area contributed by atoms with Crippen LogP contribution in [0.5, 0.6) is 0 Å². The number of hydrogen-bond acceptors (Lipinski definition) is 6. The third-order valence-electron chi connectivity index (χ3n) is 4.18. The minimum Gasteiger partial charge on any atom is -0.370 e. The number of amides is 3.